The Morgan fingerprint density at radius 1 is 1.33 bits per heavy atom. The van der Waals surface area contributed by atoms with Gasteiger partial charge in [0.25, 0.3) is 5.91 Å². The maximum atomic E-state index is 12.3. The van der Waals surface area contributed by atoms with Crippen LogP contribution >= 0.6 is 22.9 Å². The fourth-order valence-electron chi connectivity index (χ4n) is 2.34. The molecule has 0 aliphatic heterocycles. The fraction of sp³-hybridized carbons (Fsp3) is 0.235. The highest BCUT2D eigenvalue weighted by atomic mass is 35.5. The number of nitrogens with zero attached hydrogens (tertiary/aromatic N) is 2. The Bertz CT molecular complexity index is 897. The van der Waals surface area contributed by atoms with Crippen molar-refractivity contribution in [1.82, 2.24) is 10.1 Å². The van der Waals surface area contributed by atoms with E-state index in [9.17, 15) is 4.79 Å². The lowest BCUT2D eigenvalue weighted by atomic mass is 10.2. The Balaban J connectivity index is 1.54. The number of hydrogen-bond acceptors (Lipinski definition) is 5. The molecule has 122 valence electrons. The fourth-order valence-corrected chi connectivity index (χ4v) is 3.37. The van der Waals surface area contributed by atoms with E-state index in [4.69, 9.17) is 16.1 Å². The summed E-state index contributed by atoms with van der Waals surface area (Å²) in [5, 5.41) is 7.57. The van der Waals surface area contributed by atoms with Gasteiger partial charge in [0, 0.05) is 21.4 Å². The number of rotatable bonds is 4. The molecule has 5 nitrogen and oxygen atoms in total. The molecule has 0 atom stereocenters. The number of nitrogens with one attached hydrogen (secondary N) is 1. The lowest BCUT2D eigenvalue weighted by Gasteiger charge is -2.04. The Morgan fingerprint density at radius 3 is 2.79 bits per heavy atom. The number of anilines is 1. The van der Waals surface area contributed by atoms with Gasteiger partial charge in [0.05, 0.1) is 10.6 Å². The van der Waals surface area contributed by atoms with Crippen LogP contribution < -0.4 is 5.32 Å². The quantitative estimate of drug-likeness (QED) is 0.720. The lowest BCUT2D eigenvalue weighted by Crippen LogP contribution is -2.11. The van der Waals surface area contributed by atoms with Crippen LogP contribution in [0.2, 0.25) is 5.02 Å². The third kappa shape index (κ3) is 3.07. The minimum atomic E-state index is -0.175. The van der Waals surface area contributed by atoms with Crippen molar-refractivity contribution in [2.24, 2.45) is 0 Å². The standard InChI is InChI=1S/C17H14ClN3O2S/c1-9-13(19-16(22)10-4-6-12(18)7-5-10)8-14(24-9)15-20-17(23-21-15)11-2-3-11/h4-8,11H,2-3H2,1H3,(H,19,22). The summed E-state index contributed by atoms with van der Waals surface area (Å²) in [6.45, 7) is 1.95. The molecule has 4 rings (SSSR count). The predicted molar refractivity (Wildman–Crippen MR) is 93.7 cm³/mol. The Kier molecular flexibility index (Phi) is 3.86. The highest BCUT2D eigenvalue weighted by Gasteiger charge is 2.30. The second kappa shape index (κ2) is 6.03. The van der Waals surface area contributed by atoms with Gasteiger partial charge in [0.1, 0.15) is 0 Å². The zero-order valence-corrected chi connectivity index (χ0v) is 14.4. The average molecular weight is 360 g/mol. The summed E-state index contributed by atoms with van der Waals surface area (Å²) < 4.78 is 5.30. The number of aryl methyl sites for hydroxylation is 1. The first kappa shape index (κ1) is 15.4. The largest absolute Gasteiger partial charge is 0.339 e. The molecule has 2 heterocycles. The molecular weight excluding hydrogens is 346 g/mol. The van der Waals surface area contributed by atoms with Crippen LogP contribution in [0.15, 0.2) is 34.9 Å². The highest BCUT2D eigenvalue weighted by Crippen LogP contribution is 2.40. The molecule has 7 heteroatoms. The van der Waals surface area contributed by atoms with Crippen molar-refractivity contribution < 1.29 is 9.32 Å². The van der Waals surface area contributed by atoms with Crippen LogP contribution in [0.4, 0.5) is 5.69 Å². The minimum Gasteiger partial charge on any atom is -0.339 e. The van der Waals surface area contributed by atoms with E-state index >= 15 is 0 Å². The van der Waals surface area contributed by atoms with Gasteiger partial charge in [-0.15, -0.1) is 11.3 Å². The van der Waals surface area contributed by atoms with E-state index in [1.165, 1.54) is 11.3 Å². The molecule has 2 aromatic heterocycles. The number of thiophene rings is 1. The maximum absolute atomic E-state index is 12.3. The molecule has 0 radical (unpaired) electrons. The number of hydrogen-bond donors (Lipinski definition) is 1. The topological polar surface area (TPSA) is 68.0 Å². The normalized spacial score (nSPS) is 13.9. The molecule has 0 unspecified atom stereocenters. The Morgan fingerprint density at radius 2 is 2.08 bits per heavy atom. The second-order valence-electron chi connectivity index (χ2n) is 5.77. The molecule has 1 saturated carbocycles. The van der Waals surface area contributed by atoms with Gasteiger partial charge in [-0.3, -0.25) is 4.79 Å². The number of amides is 1. The molecule has 1 N–H and O–H groups in total. The van der Waals surface area contributed by atoms with Gasteiger partial charge in [0.2, 0.25) is 11.7 Å². The summed E-state index contributed by atoms with van der Waals surface area (Å²) in [6.07, 6.45) is 2.24. The second-order valence-corrected chi connectivity index (χ2v) is 7.46. The van der Waals surface area contributed by atoms with Crippen molar-refractivity contribution in [2.45, 2.75) is 25.7 Å². The molecule has 1 fully saturated rings. The number of carbonyl (C=O) groups excluding carboxylic acids is 1. The summed E-state index contributed by atoms with van der Waals surface area (Å²) in [5.74, 6) is 1.54. The number of aromatic nitrogens is 2. The highest BCUT2D eigenvalue weighted by molar-refractivity contribution is 7.16. The molecule has 1 aliphatic rings. The summed E-state index contributed by atoms with van der Waals surface area (Å²) in [4.78, 5) is 18.6. The molecule has 0 saturated heterocycles. The average Bonchev–Trinajstić information content (AvgIpc) is 3.19. The molecule has 1 amide bonds. The summed E-state index contributed by atoms with van der Waals surface area (Å²) in [5.41, 5.74) is 1.31. The minimum absolute atomic E-state index is 0.175. The first-order chi connectivity index (χ1) is 11.6. The van der Waals surface area contributed by atoms with Crippen LogP contribution in [0.3, 0.4) is 0 Å². The lowest BCUT2D eigenvalue weighted by molar-refractivity contribution is 0.102. The van der Waals surface area contributed by atoms with Gasteiger partial charge >= 0.3 is 0 Å². The first-order valence-corrected chi connectivity index (χ1v) is 8.81. The zero-order chi connectivity index (χ0) is 16.7. The van der Waals surface area contributed by atoms with Crippen LogP contribution in [-0.2, 0) is 0 Å². The third-order valence-electron chi connectivity index (χ3n) is 3.86. The van der Waals surface area contributed by atoms with E-state index in [2.05, 4.69) is 15.5 Å². The summed E-state index contributed by atoms with van der Waals surface area (Å²) in [7, 11) is 0. The van der Waals surface area contributed by atoms with Crippen LogP contribution in [0, 0.1) is 6.92 Å². The van der Waals surface area contributed by atoms with Crippen molar-refractivity contribution in [3.8, 4) is 10.7 Å². The van der Waals surface area contributed by atoms with E-state index < -0.39 is 0 Å². The van der Waals surface area contributed by atoms with E-state index in [0.29, 0.717) is 28.2 Å². The molecular formula is C17H14ClN3O2S. The summed E-state index contributed by atoms with van der Waals surface area (Å²) >= 11 is 7.38. The van der Waals surface area contributed by atoms with Gasteiger partial charge in [-0.2, -0.15) is 4.98 Å². The Labute approximate surface area is 147 Å². The van der Waals surface area contributed by atoms with Gasteiger partial charge in [-0.05, 0) is 50.1 Å². The van der Waals surface area contributed by atoms with E-state index in [-0.39, 0.29) is 5.91 Å². The number of benzene rings is 1. The zero-order valence-electron chi connectivity index (χ0n) is 12.9. The molecule has 1 aliphatic carbocycles. The van der Waals surface area contributed by atoms with Gasteiger partial charge < -0.3 is 9.84 Å². The van der Waals surface area contributed by atoms with Crippen LogP contribution in [-0.4, -0.2) is 16.0 Å². The molecule has 24 heavy (non-hydrogen) atoms. The first-order valence-electron chi connectivity index (χ1n) is 7.61. The van der Waals surface area contributed by atoms with Crippen molar-refractivity contribution in [1.29, 1.82) is 0 Å². The smallest absolute Gasteiger partial charge is 0.255 e. The van der Waals surface area contributed by atoms with Crippen molar-refractivity contribution in [3.05, 3.63) is 51.7 Å². The van der Waals surface area contributed by atoms with Crippen molar-refractivity contribution in [2.75, 3.05) is 5.32 Å². The van der Waals surface area contributed by atoms with Crippen LogP contribution in [0.1, 0.15) is 39.9 Å². The van der Waals surface area contributed by atoms with E-state index in [1.807, 2.05) is 13.0 Å². The van der Waals surface area contributed by atoms with Crippen LogP contribution in [0.25, 0.3) is 10.7 Å². The summed E-state index contributed by atoms with van der Waals surface area (Å²) in [6, 6.07) is 8.67. The Hall–Kier alpha value is -2.18. The van der Waals surface area contributed by atoms with Gasteiger partial charge in [-0.25, -0.2) is 0 Å². The third-order valence-corrected chi connectivity index (χ3v) is 5.16. The number of halogens is 1. The SMILES string of the molecule is Cc1sc(-c2noc(C3CC3)n2)cc1NC(=O)c1ccc(Cl)cc1. The van der Waals surface area contributed by atoms with Crippen LogP contribution in [0.5, 0.6) is 0 Å². The van der Waals surface area contributed by atoms with Gasteiger partial charge in [-0.1, -0.05) is 16.8 Å². The number of carbonyl (C=O) groups is 1. The van der Waals surface area contributed by atoms with Crippen molar-refractivity contribution >= 4 is 34.5 Å². The molecule has 3 aromatic rings. The monoisotopic (exact) mass is 359 g/mol. The maximum Gasteiger partial charge on any atom is 0.255 e. The van der Waals surface area contributed by atoms with Gasteiger partial charge in [0.15, 0.2) is 0 Å². The van der Waals surface area contributed by atoms with Crippen molar-refractivity contribution in [3.63, 3.8) is 0 Å². The molecule has 0 spiro atoms. The predicted octanol–water partition coefficient (Wildman–Crippen LogP) is 4.89. The molecule has 1 aromatic carbocycles. The van der Waals surface area contributed by atoms with E-state index in [0.717, 1.165) is 28.3 Å². The molecule has 0 bridgehead atoms. The van der Waals surface area contributed by atoms with E-state index in [1.54, 1.807) is 24.3 Å².